The molecule has 2 aromatic heterocycles. The second-order valence-corrected chi connectivity index (χ2v) is 8.23. The summed E-state index contributed by atoms with van der Waals surface area (Å²) >= 11 is 5.98. The van der Waals surface area contributed by atoms with E-state index in [0.29, 0.717) is 23.1 Å². The largest absolute Gasteiger partial charge is 0.497 e. The second kappa shape index (κ2) is 8.92. The number of benzene rings is 2. The van der Waals surface area contributed by atoms with Crippen molar-refractivity contribution >= 4 is 35.0 Å². The topological polar surface area (TPSA) is 69.3 Å². The minimum Gasteiger partial charge on any atom is -0.497 e. The Morgan fingerprint density at radius 1 is 1.12 bits per heavy atom. The highest BCUT2D eigenvalue weighted by atomic mass is 35.5. The maximum atomic E-state index is 6.35. The van der Waals surface area contributed by atoms with Crippen LogP contribution in [0.25, 0.3) is 5.70 Å². The van der Waals surface area contributed by atoms with Crippen LogP contribution in [0.15, 0.2) is 89.7 Å². The van der Waals surface area contributed by atoms with Crippen LogP contribution in [0.4, 0.5) is 11.5 Å². The summed E-state index contributed by atoms with van der Waals surface area (Å²) in [5.41, 5.74) is 12.6. The first-order valence-corrected chi connectivity index (χ1v) is 11.0. The minimum atomic E-state index is 0.524. The van der Waals surface area contributed by atoms with Crippen LogP contribution in [-0.2, 0) is 13.0 Å². The standard InChI is InChI=1S/C26H23ClN5O/c1-33-23-11-7-19(8-12-23)25-20(14-22-4-2-3-13-31(22)25)15-29-24-16-30-32(26(24)28)17-18-5-9-21(27)10-6-18/h2-13,15-16H,14,17,28H2,1H3/q+1. The SMILES string of the molecule is COc1ccc(C2=C(C=Nc3cnn(Cc4ccc(Cl)cc4)c3N)Cc3cccc[n+]32)cc1. The van der Waals surface area contributed by atoms with Crippen LogP contribution >= 0.6 is 11.6 Å². The zero-order valence-corrected chi connectivity index (χ0v) is 18.9. The summed E-state index contributed by atoms with van der Waals surface area (Å²) in [5, 5.41) is 5.13. The quantitative estimate of drug-likeness (QED) is 0.338. The molecule has 7 heteroatoms. The van der Waals surface area contributed by atoms with Crippen molar-refractivity contribution in [3.63, 3.8) is 0 Å². The van der Waals surface area contributed by atoms with E-state index in [9.17, 15) is 0 Å². The molecule has 0 saturated heterocycles. The Morgan fingerprint density at radius 2 is 1.91 bits per heavy atom. The van der Waals surface area contributed by atoms with E-state index in [1.807, 2.05) is 48.7 Å². The maximum absolute atomic E-state index is 6.35. The smallest absolute Gasteiger partial charge is 0.223 e. The normalized spacial score (nSPS) is 13.0. The number of ether oxygens (including phenoxy) is 1. The Labute approximate surface area is 197 Å². The van der Waals surface area contributed by atoms with Gasteiger partial charge in [0.25, 0.3) is 0 Å². The van der Waals surface area contributed by atoms with Gasteiger partial charge in [0.2, 0.25) is 5.70 Å². The Kier molecular flexibility index (Phi) is 5.67. The lowest BCUT2D eigenvalue weighted by atomic mass is 10.1. The highest BCUT2D eigenvalue weighted by molar-refractivity contribution is 6.30. The zero-order valence-electron chi connectivity index (χ0n) is 18.1. The van der Waals surface area contributed by atoms with Gasteiger partial charge in [-0.15, -0.1) is 0 Å². The third-order valence-corrected chi connectivity index (χ3v) is 5.94. The number of nitrogens with zero attached hydrogens (tertiary/aromatic N) is 4. The average molecular weight is 457 g/mol. The number of methoxy groups -OCH3 is 1. The molecule has 0 spiro atoms. The Balaban J connectivity index is 1.46. The summed E-state index contributed by atoms with van der Waals surface area (Å²) in [5.74, 6) is 1.35. The van der Waals surface area contributed by atoms with Crippen LogP contribution in [0.2, 0.25) is 5.02 Å². The molecular formula is C26H23ClN5O+. The number of aromatic nitrogens is 3. The predicted octanol–water partition coefficient (Wildman–Crippen LogP) is 4.68. The van der Waals surface area contributed by atoms with E-state index in [0.717, 1.165) is 34.6 Å². The van der Waals surface area contributed by atoms with E-state index < -0.39 is 0 Å². The first-order valence-electron chi connectivity index (χ1n) is 10.6. The fourth-order valence-corrected chi connectivity index (χ4v) is 4.10. The molecule has 0 saturated carbocycles. The lowest BCUT2D eigenvalue weighted by Gasteiger charge is -2.04. The van der Waals surface area contributed by atoms with Crippen molar-refractivity contribution in [1.29, 1.82) is 0 Å². The van der Waals surface area contributed by atoms with Crippen molar-refractivity contribution < 1.29 is 9.30 Å². The molecule has 0 bridgehead atoms. The van der Waals surface area contributed by atoms with Crippen molar-refractivity contribution in [2.75, 3.05) is 12.8 Å². The molecule has 33 heavy (non-hydrogen) atoms. The van der Waals surface area contributed by atoms with E-state index in [1.165, 1.54) is 5.69 Å². The molecule has 4 aromatic rings. The minimum absolute atomic E-state index is 0.524. The Bertz CT molecular complexity index is 1350. The van der Waals surface area contributed by atoms with Crippen LogP contribution < -0.4 is 15.0 Å². The van der Waals surface area contributed by atoms with Crippen molar-refractivity contribution in [2.24, 2.45) is 4.99 Å². The fraction of sp³-hybridized carbons (Fsp3) is 0.115. The Hall–Kier alpha value is -3.90. The van der Waals surface area contributed by atoms with Gasteiger partial charge >= 0.3 is 0 Å². The monoisotopic (exact) mass is 456 g/mol. The lowest BCUT2D eigenvalue weighted by Crippen LogP contribution is -2.33. The summed E-state index contributed by atoms with van der Waals surface area (Å²) in [6.45, 7) is 0.555. The Morgan fingerprint density at radius 3 is 2.67 bits per heavy atom. The number of nitrogens with two attached hydrogens (primary N) is 1. The number of anilines is 1. The molecule has 3 heterocycles. The molecule has 0 unspecified atom stereocenters. The molecular weight excluding hydrogens is 434 g/mol. The van der Waals surface area contributed by atoms with E-state index in [-0.39, 0.29) is 0 Å². The highest BCUT2D eigenvalue weighted by Gasteiger charge is 2.30. The number of fused-ring (bicyclic) bond motifs is 1. The summed E-state index contributed by atoms with van der Waals surface area (Å²) in [7, 11) is 1.67. The molecule has 1 aliphatic heterocycles. The van der Waals surface area contributed by atoms with Gasteiger partial charge in [0.05, 0.1) is 31.8 Å². The van der Waals surface area contributed by atoms with Crippen LogP contribution in [0, 0.1) is 0 Å². The van der Waals surface area contributed by atoms with Gasteiger partial charge in [-0.3, -0.25) is 4.99 Å². The molecule has 0 radical (unpaired) electrons. The molecule has 0 atom stereocenters. The van der Waals surface area contributed by atoms with Gasteiger partial charge in [-0.25, -0.2) is 4.68 Å². The molecule has 0 amide bonds. The van der Waals surface area contributed by atoms with Gasteiger partial charge in [0, 0.05) is 28.9 Å². The average Bonchev–Trinajstić information content (AvgIpc) is 3.39. The molecule has 0 fully saturated rings. The fourth-order valence-electron chi connectivity index (χ4n) is 3.98. The van der Waals surface area contributed by atoms with Crippen LogP contribution in [-0.4, -0.2) is 23.1 Å². The molecule has 0 aliphatic carbocycles. The van der Waals surface area contributed by atoms with Gasteiger partial charge in [-0.1, -0.05) is 29.8 Å². The predicted molar refractivity (Wildman–Crippen MR) is 131 cm³/mol. The van der Waals surface area contributed by atoms with Gasteiger partial charge in [-0.05, 0) is 42.0 Å². The third kappa shape index (κ3) is 4.25. The molecule has 164 valence electrons. The number of rotatable bonds is 6. The summed E-state index contributed by atoms with van der Waals surface area (Å²) in [6, 6.07) is 21.9. The van der Waals surface area contributed by atoms with Gasteiger partial charge in [0.15, 0.2) is 11.9 Å². The van der Waals surface area contributed by atoms with Crippen molar-refractivity contribution in [3.05, 3.63) is 107 Å². The van der Waals surface area contributed by atoms with E-state index >= 15 is 0 Å². The van der Waals surface area contributed by atoms with Crippen LogP contribution in [0.5, 0.6) is 5.75 Å². The summed E-state index contributed by atoms with van der Waals surface area (Å²) in [4.78, 5) is 4.71. The van der Waals surface area contributed by atoms with E-state index in [4.69, 9.17) is 27.1 Å². The van der Waals surface area contributed by atoms with Crippen molar-refractivity contribution in [2.45, 2.75) is 13.0 Å². The van der Waals surface area contributed by atoms with Crippen LogP contribution in [0.1, 0.15) is 16.8 Å². The van der Waals surface area contributed by atoms with E-state index in [1.54, 1.807) is 18.0 Å². The van der Waals surface area contributed by atoms with Gasteiger partial charge < -0.3 is 10.5 Å². The van der Waals surface area contributed by atoms with Crippen molar-refractivity contribution in [1.82, 2.24) is 9.78 Å². The molecule has 1 aliphatic rings. The molecule has 6 nitrogen and oxygen atoms in total. The number of hydrogen-bond donors (Lipinski definition) is 1. The maximum Gasteiger partial charge on any atom is 0.223 e. The summed E-state index contributed by atoms with van der Waals surface area (Å²) in [6.07, 6.45) is 6.45. The van der Waals surface area contributed by atoms with Gasteiger partial charge in [0.1, 0.15) is 17.3 Å². The number of nitrogen functional groups attached to an aromatic ring is 1. The number of hydrogen-bond acceptors (Lipinski definition) is 4. The number of halogens is 1. The van der Waals surface area contributed by atoms with Crippen LogP contribution in [0.3, 0.4) is 0 Å². The van der Waals surface area contributed by atoms with E-state index in [2.05, 4.69) is 40.1 Å². The number of allylic oxidation sites excluding steroid dienone is 1. The molecule has 2 N–H and O–H groups in total. The molecule has 5 rings (SSSR count). The lowest BCUT2D eigenvalue weighted by molar-refractivity contribution is -0.582. The highest BCUT2D eigenvalue weighted by Crippen LogP contribution is 2.27. The van der Waals surface area contributed by atoms with Crippen molar-refractivity contribution in [3.8, 4) is 5.75 Å². The first kappa shape index (κ1) is 21.0. The van der Waals surface area contributed by atoms with Gasteiger partial charge in [-0.2, -0.15) is 9.67 Å². The first-order chi connectivity index (χ1) is 16.1. The zero-order chi connectivity index (χ0) is 22.8. The third-order valence-electron chi connectivity index (χ3n) is 5.69. The second-order valence-electron chi connectivity index (χ2n) is 7.80. The number of pyridine rings is 1. The number of aliphatic imine (C=N–C) groups is 1. The summed E-state index contributed by atoms with van der Waals surface area (Å²) < 4.78 is 9.27. The molecule has 2 aromatic carbocycles.